The van der Waals surface area contributed by atoms with E-state index in [1.807, 2.05) is 25.3 Å². The molecule has 0 saturated carbocycles. The predicted molar refractivity (Wildman–Crippen MR) is 87.1 cm³/mol. The lowest BCUT2D eigenvalue weighted by atomic mass is 9.99. The molecule has 0 radical (unpaired) electrons. The Bertz CT molecular complexity index is 614. The molecule has 1 aromatic rings. The van der Waals surface area contributed by atoms with Gasteiger partial charge in [0.15, 0.2) is 0 Å². The van der Waals surface area contributed by atoms with Gasteiger partial charge in [-0.05, 0) is 30.2 Å². The Balaban J connectivity index is 1.66. The standard InChI is InChI=1S/C16H21N3O3S/c1-9(2)6-11-16(22)19-8-10(7-12(19)14(20)18-11)17-15(21)13-4-3-5-23-13/h3-5,9-12H,6-8H2,1-2H3,(H,17,21)(H,18,20)/t10-,11+,12-/m0/s1. The maximum Gasteiger partial charge on any atom is 0.261 e. The molecule has 7 heteroatoms. The van der Waals surface area contributed by atoms with E-state index < -0.39 is 12.1 Å². The van der Waals surface area contributed by atoms with Gasteiger partial charge in [0, 0.05) is 12.6 Å². The summed E-state index contributed by atoms with van der Waals surface area (Å²) in [4.78, 5) is 39.2. The van der Waals surface area contributed by atoms with Crippen molar-refractivity contribution in [1.82, 2.24) is 15.5 Å². The van der Waals surface area contributed by atoms with Crippen molar-refractivity contribution < 1.29 is 14.4 Å². The van der Waals surface area contributed by atoms with Gasteiger partial charge in [-0.3, -0.25) is 14.4 Å². The van der Waals surface area contributed by atoms with Crippen molar-refractivity contribution in [3.05, 3.63) is 22.4 Å². The Morgan fingerprint density at radius 1 is 1.48 bits per heavy atom. The smallest absolute Gasteiger partial charge is 0.261 e. The van der Waals surface area contributed by atoms with Crippen molar-refractivity contribution in [3.63, 3.8) is 0 Å². The molecule has 2 saturated heterocycles. The largest absolute Gasteiger partial charge is 0.347 e. The zero-order valence-corrected chi connectivity index (χ0v) is 14.1. The molecule has 0 aliphatic carbocycles. The first-order chi connectivity index (χ1) is 11.0. The third-order valence-corrected chi connectivity index (χ3v) is 5.16. The molecule has 2 fully saturated rings. The van der Waals surface area contributed by atoms with Crippen LogP contribution in [0, 0.1) is 5.92 Å². The third-order valence-electron chi connectivity index (χ3n) is 4.29. The lowest BCUT2D eigenvalue weighted by Crippen LogP contribution is -2.61. The fraction of sp³-hybridized carbons (Fsp3) is 0.562. The van der Waals surface area contributed by atoms with E-state index in [1.54, 1.807) is 11.0 Å². The molecule has 3 heterocycles. The second-order valence-electron chi connectivity index (χ2n) is 6.58. The highest BCUT2D eigenvalue weighted by atomic mass is 32.1. The number of nitrogens with zero attached hydrogens (tertiary/aromatic N) is 1. The number of fused-ring (bicyclic) bond motifs is 1. The number of carbonyl (C=O) groups is 3. The van der Waals surface area contributed by atoms with Crippen molar-refractivity contribution >= 4 is 29.1 Å². The third kappa shape index (κ3) is 3.24. The molecule has 0 aromatic carbocycles. The summed E-state index contributed by atoms with van der Waals surface area (Å²) in [6, 6.07) is 2.51. The van der Waals surface area contributed by atoms with Crippen LogP contribution in [0.3, 0.4) is 0 Å². The van der Waals surface area contributed by atoms with Gasteiger partial charge in [0.1, 0.15) is 12.1 Å². The number of carbonyl (C=O) groups excluding carboxylic acids is 3. The van der Waals surface area contributed by atoms with E-state index in [-0.39, 0.29) is 23.8 Å². The summed E-state index contributed by atoms with van der Waals surface area (Å²) in [5.41, 5.74) is 0. The minimum atomic E-state index is -0.459. The van der Waals surface area contributed by atoms with Crippen LogP contribution >= 0.6 is 11.3 Å². The van der Waals surface area contributed by atoms with Crippen LogP contribution in [0.15, 0.2) is 17.5 Å². The van der Waals surface area contributed by atoms with Gasteiger partial charge in [-0.15, -0.1) is 11.3 Å². The number of hydrogen-bond donors (Lipinski definition) is 2. The van der Waals surface area contributed by atoms with E-state index in [4.69, 9.17) is 0 Å². The Hall–Kier alpha value is -1.89. The molecule has 6 nitrogen and oxygen atoms in total. The molecule has 2 N–H and O–H groups in total. The first-order valence-electron chi connectivity index (χ1n) is 7.91. The quantitative estimate of drug-likeness (QED) is 0.861. The van der Waals surface area contributed by atoms with Gasteiger partial charge < -0.3 is 15.5 Å². The monoisotopic (exact) mass is 335 g/mol. The summed E-state index contributed by atoms with van der Waals surface area (Å²) in [6.07, 6.45) is 1.11. The van der Waals surface area contributed by atoms with Crippen LogP contribution in [0.4, 0.5) is 0 Å². The van der Waals surface area contributed by atoms with Gasteiger partial charge in [0.05, 0.1) is 4.88 Å². The molecule has 0 unspecified atom stereocenters. The zero-order valence-electron chi connectivity index (χ0n) is 13.2. The van der Waals surface area contributed by atoms with Crippen LogP contribution < -0.4 is 10.6 Å². The Morgan fingerprint density at radius 3 is 2.91 bits per heavy atom. The number of amides is 3. The fourth-order valence-corrected chi connectivity index (χ4v) is 3.88. The van der Waals surface area contributed by atoms with E-state index in [9.17, 15) is 14.4 Å². The molecule has 0 spiro atoms. The summed E-state index contributed by atoms with van der Waals surface area (Å²) in [5, 5.41) is 7.61. The Morgan fingerprint density at radius 2 is 2.26 bits per heavy atom. The van der Waals surface area contributed by atoms with E-state index in [1.165, 1.54) is 11.3 Å². The van der Waals surface area contributed by atoms with Crippen LogP contribution in [-0.2, 0) is 9.59 Å². The lowest BCUT2D eigenvalue weighted by Gasteiger charge is -2.35. The first kappa shape index (κ1) is 16.0. The minimum Gasteiger partial charge on any atom is -0.347 e. The molecule has 3 atom stereocenters. The molecule has 1 aromatic heterocycles. The van der Waals surface area contributed by atoms with Gasteiger partial charge in [-0.25, -0.2) is 0 Å². The summed E-state index contributed by atoms with van der Waals surface area (Å²) >= 11 is 1.38. The van der Waals surface area contributed by atoms with E-state index in [0.29, 0.717) is 30.2 Å². The molecular weight excluding hydrogens is 314 g/mol. The van der Waals surface area contributed by atoms with Gasteiger partial charge in [-0.2, -0.15) is 0 Å². The number of hydrogen-bond acceptors (Lipinski definition) is 4. The van der Waals surface area contributed by atoms with Crippen molar-refractivity contribution in [1.29, 1.82) is 0 Å². The number of nitrogens with one attached hydrogen (secondary N) is 2. The van der Waals surface area contributed by atoms with Crippen molar-refractivity contribution in [2.24, 2.45) is 5.92 Å². The first-order valence-corrected chi connectivity index (χ1v) is 8.79. The van der Waals surface area contributed by atoms with E-state index in [2.05, 4.69) is 10.6 Å². The normalized spacial score (nSPS) is 27.1. The molecule has 0 bridgehead atoms. The van der Waals surface area contributed by atoms with E-state index in [0.717, 1.165) is 0 Å². The van der Waals surface area contributed by atoms with Gasteiger partial charge >= 0.3 is 0 Å². The van der Waals surface area contributed by atoms with Crippen LogP contribution in [0.2, 0.25) is 0 Å². The predicted octanol–water partition coefficient (Wildman–Crippen LogP) is 0.992. The van der Waals surface area contributed by atoms with Crippen molar-refractivity contribution in [2.75, 3.05) is 6.54 Å². The molecule has 2 aliphatic rings. The van der Waals surface area contributed by atoms with Crippen LogP contribution in [-0.4, -0.2) is 47.3 Å². The number of rotatable bonds is 4. The second kappa shape index (κ2) is 6.31. The number of piperazine rings is 1. The Kier molecular flexibility index (Phi) is 4.39. The second-order valence-corrected chi connectivity index (χ2v) is 7.53. The van der Waals surface area contributed by atoms with Crippen LogP contribution in [0.5, 0.6) is 0 Å². The van der Waals surface area contributed by atoms with Crippen LogP contribution in [0.1, 0.15) is 36.4 Å². The van der Waals surface area contributed by atoms with Gasteiger partial charge in [0.25, 0.3) is 5.91 Å². The Labute approximate surface area is 139 Å². The highest BCUT2D eigenvalue weighted by Crippen LogP contribution is 2.25. The van der Waals surface area contributed by atoms with Crippen molar-refractivity contribution in [3.8, 4) is 0 Å². The number of thiophene rings is 1. The van der Waals surface area contributed by atoms with Gasteiger partial charge in [-0.1, -0.05) is 19.9 Å². The maximum absolute atomic E-state index is 12.5. The summed E-state index contributed by atoms with van der Waals surface area (Å²) in [5.74, 6) is 0.0495. The van der Waals surface area contributed by atoms with Crippen molar-refractivity contribution in [2.45, 2.75) is 44.8 Å². The summed E-state index contributed by atoms with van der Waals surface area (Å²) in [6.45, 7) is 4.46. The highest BCUT2D eigenvalue weighted by Gasteiger charge is 2.46. The molecule has 3 rings (SSSR count). The average Bonchev–Trinajstić information content (AvgIpc) is 3.13. The van der Waals surface area contributed by atoms with Crippen LogP contribution in [0.25, 0.3) is 0 Å². The van der Waals surface area contributed by atoms with E-state index >= 15 is 0 Å². The summed E-state index contributed by atoms with van der Waals surface area (Å²) < 4.78 is 0. The fourth-order valence-electron chi connectivity index (χ4n) is 3.26. The molecule has 124 valence electrons. The topological polar surface area (TPSA) is 78.5 Å². The maximum atomic E-state index is 12.5. The SMILES string of the molecule is CC(C)C[C@H]1NC(=O)[C@@H]2C[C@H](NC(=O)c3cccs3)CN2C1=O. The summed E-state index contributed by atoms with van der Waals surface area (Å²) in [7, 11) is 0. The zero-order chi connectivity index (χ0) is 16.6. The molecule has 23 heavy (non-hydrogen) atoms. The lowest BCUT2D eigenvalue weighted by molar-refractivity contribution is -0.147. The molecule has 2 aliphatic heterocycles. The molecule has 3 amide bonds. The molecular formula is C16H21N3O3S. The average molecular weight is 335 g/mol. The van der Waals surface area contributed by atoms with Gasteiger partial charge in [0.2, 0.25) is 11.8 Å². The minimum absolute atomic E-state index is 0.0313. The highest BCUT2D eigenvalue weighted by molar-refractivity contribution is 7.12.